The van der Waals surface area contributed by atoms with Gasteiger partial charge >= 0.3 is 0 Å². The first-order chi connectivity index (χ1) is 9.06. The van der Waals surface area contributed by atoms with Crippen molar-refractivity contribution < 1.29 is 8.78 Å². The van der Waals surface area contributed by atoms with Gasteiger partial charge in [0, 0.05) is 17.6 Å². The molecule has 0 amide bonds. The van der Waals surface area contributed by atoms with E-state index in [1.807, 2.05) is 13.0 Å². The Bertz CT molecular complexity index is 572. The first kappa shape index (κ1) is 14.0. The molecule has 100 valence electrons. The SMILES string of the molecule is CC(NCc1cccc(F)c1)c1ccc(F)cc1Cl. The molecular weight excluding hydrogens is 268 g/mol. The summed E-state index contributed by atoms with van der Waals surface area (Å²) in [5.41, 5.74) is 1.67. The molecule has 0 aliphatic heterocycles. The second-order valence-corrected chi connectivity index (χ2v) is 4.81. The molecule has 2 aromatic rings. The van der Waals surface area contributed by atoms with Crippen LogP contribution in [0.5, 0.6) is 0 Å². The Kier molecular flexibility index (Phi) is 4.51. The van der Waals surface area contributed by atoms with Crippen LogP contribution in [0.1, 0.15) is 24.1 Å². The van der Waals surface area contributed by atoms with Gasteiger partial charge in [-0.1, -0.05) is 29.8 Å². The molecule has 0 bridgehead atoms. The smallest absolute Gasteiger partial charge is 0.124 e. The molecule has 19 heavy (non-hydrogen) atoms. The van der Waals surface area contributed by atoms with Crippen molar-refractivity contribution in [2.75, 3.05) is 0 Å². The number of hydrogen-bond donors (Lipinski definition) is 1. The van der Waals surface area contributed by atoms with Gasteiger partial charge in [0.2, 0.25) is 0 Å². The van der Waals surface area contributed by atoms with E-state index in [4.69, 9.17) is 11.6 Å². The fourth-order valence-electron chi connectivity index (χ4n) is 1.88. The third-order valence-electron chi connectivity index (χ3n) is 2.93. The van der Waals surface area contributed by atoms with Gasteiger partial charge in [0.1, 0.15) is 11.6 Å². The summed E-state index contributed by atoms with van der Waals surface area (Å²) in [6.07, 6.45) is 0. The molecule has 1 unspecified atom stereocenters. The van der Waals surface area contributed by atoms with Gasteiger partial charge in [0.25, 0.3) is 0 Å². The minimum atomic E-state index is -0.355. The van der Waals surface area contributed by atoms with Crippen LogP contribution in [0.3, 0.4) is 0 Å². The van der Waals surface area contributed by atoms with Crippen LogP contribution in [0.25, 0.3) is 0 Å². The Morgan fingerprint density at radius 2 is 1.84 bits per heavy atom. The van der Waals surface area contributed by atoms with Crippen molar-refractivity contribution in [1.82, 2.24) is 5.32 Å². The Hall–Kier alpha value is -1.45. The molecule has 1 atom stereocenters. The lowest BCUT2D eigenvalue weighted by Crippen LogP contribution is -2.18. The second kappa shape index (κ2) is 6.13. The zero-order valence-electron chi connectivity index (χ0n) is 10.5. The molecule has 0 aliphatic carbocycles. The lowest BCUT2D eigenvalue weighted by molar-refractivity contribution is 0.566. The largest absolute Gasteiger partial charge is 0.306 e. The van der Waals surface area contributed by atoms with Gasteiger partial charge in [0.15, 0.2) is 0 Å². The van der Waals surface area contributed by atoms with Crippen LogP contribution in [-0.2, 0) is 6.54 Å². The molecule has 0 radical (unpaired) electrons. The van der Waals surface area contributed by atoms with Gasteiger partial charge in [-0.3, -0.25) is 0 Å². The van der Waals surface area contributed by atoms with Crippen molar-refractivity contribution in [2.45, 2.75) is 19.5 Å². The summed E-state index contributed by atoms with van der Waals surface area (Å²) in [6.45, 7) is 2.45. The van der Waals surface area contributed by atoms with E-state index in [2.05, 4.69) is 5.32 Å². The van der Waals surface area contributed by atoms with Crippen molar-refractivity contribution >= 4 is 11.6 Å². The fourth-order valence-corrected chi connectivity index (χ4v) is 2.21. The molecule has 0 saturated heterocycles. The van der Waals surface area contributed by atoms with E-state index in [9.17, 15) is 8.78 Å². The van der Waals surface area contributed by atoms with Crippen LogP contribution in [0.4, 0.5) is 8.78 Å². The molecule has 2 aromatic carbocycles. The topological polar surface area (TPSA) is 12.0 Å². The summed E-state index contributed by atoms with van der Waals surface area (Å²) in [4.78, 5) is 0. The summed E-state index contributed by atoms with van der Waals surface area (Å²) in [6, 6.07) is 10.7. The highest BCUT2D eigenvalue weighted by atomic mass is 35.5. The Morgan fingerprint density at radius 1 is 1.11 bits per heavy atom. The van der Waals surface area contributed by atoms with Gasteiger partial charge < -0.3 is 5.32 Å². The number of benzene rings is 2. The molecule has 0 aromatic heterocycles. The highest BCUT2D eigenvalue weighted by molar-refractivity contribution is 6.31. The molecule has 0 spiro atoms. The van der Waals surface area contributed by atoms with Crippen LogP contribution in [-0.4, -0.2) is 0 Å². The summed E-state index contributed by atoms with van der Waals surface area (Å²) < 4.78 is 26.0. The van der Waals surface area contributed by atoms with Crippen molar-refractivity contribution in [3.8, 4) is 0 Å². The van der Waals surface area contributed by atoms with Crippen molar-refractivity contribution in [1.29, 1.82) is 0 Å². The maximum atomic E-state index is 13.0. The minimum Gasteiger partial charge on any atom is -0.306 e. The average molecular weight is 282 g/mol. The Labute approximate surface area is 116 Å². The number of rotatable bonds is 4. The molecular formula is C15H14ClF2N. The third kappa shape index (κ3) is 3.75. The van der Waals surface area contributed by atoms with E-state index < -0.39 is 0 Å². The Morgan fingerprint density at radius 3 is 2.53 bits per heavy atom. The van der Waals surface area contributed by atoms with E-state index in [1.54, 1.807) is 12.1 Å². The molecule has 0 saturated carbocycles. The normalized spacial score (nSPS) is 12.4. The molecule has 4 heteroatoms. The van der Waals surface area contributed by atoms with E-state index >= 15 is 0 Å². The van der Waals surface area contributed by atoms with Crippen LogP contribution in [0.15, 0.2) is 42.5 Å². The fraction of sp³-hybridized carbons (Fsp3) is 0.200. The lowest BCUT2D eigenvalue weighted by Gasteiger charge is -2.16. The first-order valence-electron chi connectivity index (χ1n) is 5.99. The maximum Gasteiger partial charge on any atom is 0.124 e. The molecule has 0 fully saturated rings. The standard InChI is InChI=1S/C15H14ClF2N/c1-10(14-6-5-13(18)8-15(14)16)19-9-11-3-2-4-12(17)7-11/h2-8,10,19H,9H2,1H3. The van der Waals surface area contributed by atoms with E-state index in [-0.39, 0.29) is 17.7 Å². The number of hydrogen-bond acceptors (Lipinski definition) is 1. The van der Waals surface area contributed by atoms with Crippen LogP contribution >= 0.6 is 11.6 Å². The molecule has 0 heterocycles. The summed E-state index contributed by atoms with van der Waals surface area (Å²) >= 11 is 5.99. The van der Waals surface area contributed by atoms with Gasteiger partial charge in [-0.2, -0.15) is 0 Å². The zero-order valence-corrected chi connectivity index (χ0v) is 11.2. The predicted molar refractivity (Wildman–Crippen MR) is 73.1 cm³/mol. The lowest BCUT2D eigenvalue weighted by atomic mass is 10.1. The molecule has 1 N–H and O–H groups in total. The average Bonchev–Trinajstić information content (AvgIpc) is 2.36. The summed E-state index contributed by atoms with van der Waals surface area (Å²) in [7, 11) is 0. The molecule has 2 rings (SSSR count). The van der Waals surface area contributed by atoms with Crippen LogP contribution < -0.4 is 5.32 Å². The predicted octanol–water partition coefficient (Wildman–Crippen LogP) is 4.47. The highest BCUT2D eigenvalue weighted by Crippen LogP contribution is 2.23. The third-order valence-corrected chi connectivity index (χ3v) is 3.26. The minimum absolute atomic E-state index is 0.0450. The van der Waals surface area contributed by atoms with E-state index in [1.165, 1.54) is 24.3 Å². The maximum absolute atomic E-state index is 13.0. The van der Waals surface area contributed by atoms with Crippen molar-refractivity contribution in [2.24, 2.45) is 0 Å². The van der Waals surface area contributed by atoms with E-state index in [0.29, 0.717) is 11.6 Å². The van der Waals surface area contributed by atoms with Crippen LogP contribution in [0, 0.1) is 11.6 Å². The van der Waals surface area contributed by atoms with Crippen molar-refractivity contribution in [3.63, 3.8) is 0 Å². The Balaban J connectivity index is 2.03. The summed E-state index contributed by atoms with van der Waals surface area (Å²) in [5.74, 6) is -0.613. The first-order valence-corrected chi connectivity index (χ1v) is 6.37. The van der Waals surface area contributed by atoms with E-state index in [0.717, 1.165) is 11.1 Å². The monoisotopic (exact) mass is 281 g/mol. The number of nitrogens with one attached hydrogen (secondary N) is 1. The summed E-state index contributed by atoms with van der Waals surface area (Å²) in [5, 5.41) is 3.62. The van der Waals surface area contributed by atoms with Gasteiger partial charge in [-0.05, 0) is 42.3 Å². The molecule has 1 nitrogen and oxygen atoms in total. The van der Waals surface area contributed by atoms with Gasteiger partial charge in [-0.25, -0.2) is 8.78 Å². The second-order valence-electron chi connectivity index (χ2n) is 4.40. The molecule has 0 aliphatic rings. The van der Waals surface area contributed by atoms with Crippen LogP contribution in [0.2, 0.25) is 5.02 Å². The zero-order chi connectivity index (χ0) is 13.8. The quantitative estimate of drug-likeness (QED) is 0.872. The highest BCUT2D eigenvalue weighted by Gasteiger charge is 2.10. The number of halogens is 3. The van der Waals surface area contributed by atoms with Gasteiger partial charge in [0.05, 0.1) is 0 Å². The van der Waals surface area contributed by atoms with Gasteiger partial charge in [-0.15, -0.1) is 0 Å². The van der Waals surface area contributed by atoms with Crippen molar-refractivity contribution in [3.05, 3.63) is 70.2 Å².